The second kappa shape index (κ2) is 7.24. The lowest BCUT2D eigenvalue weighted by Gasteiger charge is -2.25. The van der Waals surface area contributed by atoms with Crippen molar-refractivity contribution in [3.63, 3.8) is 0 Å². The van der Waals surface area contributed by atoms with Crippen LogP contribution in [0, 0.1) is 0 Å². The summed E-state index contributed by atoms with van der Waals surface area (Å²) in [6, 6.07) is 6.07. The summed E-state index contributed by atoms with van der Waals surface area (Å²) in [5.41, 5.74) is 0.818. The molecule has 0 atom stereocenters. The predicted octanol–water partition coefficient (Wildman–Crippen LogP) is 1.96. The fourth-order valence-corrected chi connectivity index (χ4v) is 4.08. The van der Waals surface area contributed by atoms with Gasteiger partial charge in [-0.15, -0.1) is 0 Å². The molecule has 9 nitrogen and oxygen atoms in total. The molecule has 1 fully saturated rings. The number of rotatable bonds is 4. The molecule has 2 aromatic heterocycles. The fourth-order valence-electron chi connectivity index (χ4n) is 2.74. The quantitative estimate of drug-likeness (QED) is 0.625. The molecule has 13 heteroatoms. The van der Waals surface area contributed by atoms with Gasteiger partial charge >= 0.3 is 12.1 Å². The maximum absolute atomic E-state index is 12.7. The van der Waals surface area contributed by atoms with Gasteiger partial charge in [-0.25, -0.2) is 13.1 Å². The lowest BCUT2D eigenvalue weighted by molar-refractivity contribution is -0.159. The highest BCUT2D eigenvalue weighted by Gasteiger charge is 2.38. The molecule has 1 aromatic carbocycles. The molecule has 0 amide bonds. The highest BCUT2D eigenvalue weighted by atomic mass is 32.2. The minimum atomic E-state index is -4.72. The third-order valence-corrected chi connectivity index (χ3v) is 6.08. The van der Waals surface area contributed by atoms with E-state index in [1.54, 1.807) is 12.1 Å². The van der Waals surface area contributed by atoms with Crippen LogP contribution in [0.1, 0.15) is 5.89 Å². The van der Waals surface area contributed by atoms with E-state index in [1.807, 2.05) is 0 Å². The number of ether oxygens (including phenoxy) is 1. The Balaban J connectivity index is 1.55. The van der Waals surface area contributed by atoms with E-state index >= 15 is 0 Å². The maximum Gasteiger partial charge on any atom is 0.471 e. The molecule has 1 aliphatic rings. The normalized spacial score (nSPS) is 16.2. The van der Waals surface area contributed by atoms with Gasteiger partial charge in [0.2, 0.25) is 15.8 Å². The second-order valence-electron chi connectivity index (χ2n) is 6.10. The largest absolute Gasteiger partial charge is 0.471 e. The van der Waals surface area contributed by atoms with Crippen molar-refractivity contribution in [2.24, 2.45) is 0 Å². The highest BCUT2D eigenvalue weighted by Crippen LogP contribution is 2.29. The Labute approximate surface area is 162 Å². The summed E-state index contributed by atoms with van der Waals surface area (Å²) in [6.45, 7) is 1.21. The number of halogens is 3. The zero-order chi connectivity index (χ0) is 20.6. The molecule has 3 heterocycles. The molecular formula is C16H14F3N5O4S. The molecular weight excluding hydrogens is 415 g/mol. The molecule has 0 bridgehead atoms. The summed E-state index contributed by atoms with van der Waals surface area (Å²) in [6.07, 6.45) is -2.11. The zero-order valence-corrected chi connectivity index (χ0v) is 15.5. The number of hydrogen-bond donors (Lipinski definition) is 0. The molecule has 0 saturated carbocycles. The average Bonchev–Trinajstić information content (AvgIpc) is 3.39. The van der Waals surface area contributed by atoms with Gasteiger partial charge in [0.1, 0.15) is 4.90 Å². The number of benzene rings is 1. The third-order valence-electron chi connectivity index (χ3n) is 4.23. The van der Waals surface area contributed by atoms with Gasteiger partial charge < -0.3 is 9.26 Å². The van der Waals surface area contributed by atoms with E-state index in [0.717, 1.165) is 0 Å². The first-order chi connectivity index (χ1) is 13.7. The fraction of sp³-hybridized carbons (Fsp3) is 0.312. The summed E-state index contributed by atoms with van der Waals surface area (Å²) in [4.78, 5) is 3.36. The lowest BCUT2D eigenvalue weighted by Crippen LogP contribution is -2.40. The first-order valence-electron chi connectivity index (χ1n) is 8.39. The predicted molar refractivity (Wildman–Crippen MR) is 91.4 cm³/mol. The Morgan fingerprint density at radius 2 is 1.76 bits per heavy atom. The van der Waals surface area contributed by atoms with Crippen molar-refractivity contribution in [2.75, 3.05) is 26.3 Å². The molecule has 0 N–H and O–H groups in total. The molecule has 4 rings (SSSR count). The van der Waals surface area contributed by atoms with Gasteiger partial charge in [-0.1, -0.05) is 5.16 Å². The van der Waals surface area contributed by atoms with E-state index in [0.29, 0.717) is 24.5 Å². The monoisotopic (exact) mass is 429 g/mol. The van der Waals surface area contributed by atoms with Crippen molar-refractivity contribution >= 4 is 10.0 Å². The standard InChI is InChI=1S/C16H14F3N5O4S/c17-16(18,19)15-21-14(22-28-15)11-1-3-12(4-2-11)24-10-13(9-20-24)29(25,26)23-5-7-27-8-6-23/h1-4,9-10H,5-8H2. The average molecular weight is 429 g/mol. The van der Waals surface area contributed by atoms with E-state index in [4.69, 9.17) is 4.74 Å². The van der Waals surface area contributed by atoms with Gasteiger partial charge in [-0.3, -0.25) is 0 Å². The maximum atomic E-state index is 12.7. The van der Waals surface area contributed by atoms with Crippen LogP contribution in [-0.4, -0.2) is 58.9 Å². The number of sulfonamides is 1. The van der Waals surface area contributed by atoms with E-state index in [9.17, 15) is 21.6 Å². The third kappa shape index (κ3) is 3.88. The second-order valence-corrected chi connectivity index (χ2v) is 8.04. The molecule has 0 radical (unpaired) electrons. The Kier molecular flexibility index (Phi) is 4.88. The Morgan fingerprint density at radius 3 is 2.38 bits per heavy atom. The van der Waals surface area contributed by atoms with Crippen LogP contribution in [0.25, 0.3) is 17.1 Å². The van der Waals surface area contributed by atoms with Crippen LogP contribution >= 0.6 is 0 Å². The first-order valence-corrected chi connectivity index (χ1v) is 9.83. The van der Waals surface area contributed by atoms with Gasteiger partial charge in [0.25, 0.3) is 0 Å². The van der Waals surface area contributed by atoms with Gasteiger partial charge in [0.15, 0.2) is 0 Å². The lowest BCUT2D eigenvalue weighted by atomic mass is 10.2. The zero-order valence-electron chi connectivity index (χ0n) is 14.7. The van der Waals surface area contributed by atoms with Gasteiger partial charge in [-0.2, -0.15) is 27.6 Å². The van der Waals surface area contributed by atoms with Crippen molar-refractivity contribution in [1.82, 2.24) is 24.2 Å². The summed E-state index contributed by atoms with van der Waals surface area (Å²) in [5, 5.41) is 7.39. The van der Waals surface area contributed by atoms with Crippen molar-refractivity contribution in [2.45, 2.75) is 11.1 Å². The number of nitrogens with zero attached hydrogens (tertiary/aromatic N) is 5. The van der Waals surface area contributed by atoms with Crippen LogP contribution in [0.5, 0.6) is 0 Å². The highest BCUT2D eigenvalue weighted by molar-refractivity contribution is 7.89. The topological polar surface area (TPSA) is 103 Å². The van der Waals surface area contributed by atoms with E-state index in [-0.39, 0.29) is 23.8 Å². The van der Waals surface area contributed by atoms with Crippen LogP contribution in [0.15, 0.2) is 46.1 Å². The number of morpholine rings is 1. The minimum Gasteiger partial charge on any atom is -0.379 e. The molecule has 0 unspecified atom stereocenters. The van der Waals surface area contributed by atoms with Crippen LogP contribution in [-0.2, 0) is 20.9 Å². The molecule has 0 spiro atoms. The summed E-state index contributed by atoms with van der Waals surface area (Å²) < 4.78 is 75.1. The molecule has 3 aromatic rings. The van der Waals surface area contributed by atoms with E-state index in [1.165, 1.54) is 33.5 Å². The number of alkyl halides is 3. The molecule has 154 valence electrons. The van der Waals surface area contributed by atoms with Gasteiger partial charge in [-0.05, 0) is 24.3 Å². The van der Waals surface area contributed by atoms with Crippen LogP contribution < -0.4 is 0 Å². The van der Waals surface area contributed by atoms with E-state index in [2.05, 4.69) is 19.8 Å². The van der Waals surface area contributed by atoms with Crippen molar-refractivity contribution in [3.05, 3.63) is 42.5 Å². The number of hydrogen-bond acceptors (Lipinski definition) is 7. The van der Waals surface area contributed by atoms with Gasteiger partial charge in [0, 0.05) is 18.7 Å². The first kappa shape index (κ1) is 19.5. The Bertz CT molecular complexity index is 1100. The van der Waals surface area contributed by atoms with Crippen LogP contribution in [0.3, 0.4) is 0 Å². The summed E-state index contributed by atoms with van der Waals surface area (Å²) in [5.74, 6) is -1.64. The minimum absolute atomic E-state index is 0.0384. The molecule has 0 aliphatic carbocycles. The SMILES string of the molecule is O=S(=O)(c1cnn(-c2ccc(-c3noc(C(F)(F)F)n3)cc2)c1)N1CCOCC1. The Hall–Kier alpha value is -2.77. The molecule has 1 aliphatic heterocycles. The van der Waals surface area contributed by atoms with E-state index < -0.39 is 22.1 Å². The summed E-state index contributed by atoms with van der Waals surface area (Å²) >= 11 is 0. The van der Waals surface area contributed by atoms with Crippen molar-refractivity contribution in [1.29, 1.82) is 0 Å². The number of aromatic nitrogens is 4. The Morgan fingerprint density at radius 1 is 1.07 bits per heavy atom. The smallest absolute Gasteiger partial charge is 0.379 e. The van der Waals surface area contributed by atoms with Crippen LogP contribution in [0.4, 0.5) is 13.2 Å². The summed E-state index contributed by atoms with van der Waals surface area (Å²) in [7, 11) is -3.68. The molecule has 1 saturated heterocycles. The molecule has 29 heavy (non-hydrogen) atoms. The van der Waals surface area contributed by atoms with Crippen molar-refractivity contribution in [3.8, 4) is 17.1 Å². The van der Waals surface area contributed by atoms with Crippen LogP contribution in [0.2, 0.25) is 0 Å². The van der Waals surface area contributed by atoms with Crippen molar-refractivity contribution < 1.29 is 30.8 Å². The van der Waals surface area contributed by atoms with Gasteiger partial charge in [0.05, 0.1) is 31.3 Å².